The number of aryl methyl sites for hydroxylation is 1. The maximum atomic E-state index is 13.1. The van der Waals surface area contributed by atoms with Crippen molar-refractivity contribution in [1.29, 1.82) is 0 Å². The lowest BCUT2D eigenvalue weighted by Crippen LogP contribution is -2.48. The van der Waals surface area contributed by atoms with Crippen molar-refractivity contribution >= 4 is 35.0 Å². The maximum Gasteiger partial charge on any atom is 0.322 e. The summed E-state index contributed by atoms with van der Waals surface area (Å²) >= 11 is 1.40. The number of amides is 3. The molecule has 1 aromatic heterocycles. The number of benzene rings is 2. The SMILES string of the molecule is CCc1ccccc1NC(=O)N(CCOC)Cc1nc(C(=O)N2CCN(CC=Cc3ccccc3)CC2)cs1. The molecule has 0 spiro atoms. The van der Waals surface area contributed by atoms with Gasteiger partial charge in [0.2, 0.25) is 0 Å². The van der Waals surface area contributed by atoms with Crippen molar-refractivity contribution in [2.24, 2.45) is 0 Å². The highest BCUT2D eigenvalue weighted by molar-refractivity contribution is 7.09. The summed E-state index contributed by atoms with van der Waals surface area (Å²) in [5.41, 5.74) is 3.51. The Labute approximate surface area is 234 Å². The van der Waals surface area contributed by atoms with E-state index in [9.17, 15) is 9.59 Å². The van der Waals surface area contributed by atoms with E-state index in [-0.39, 0.29) is 11.9 Å². The zero-order chi connectivity index (χ0) is 27.5. The lowest BCUT2D eigenvalue weighted by atomic mass is 10.1. The minimum atomic E-state index is -0.214. The number of hydrogen-bond donors (Lipinski definition) is 1. The molecule has 0 atom stereocenters. The third kappa shape index (κ3) is 8.23. The van der Waals surface area contributed by atoms with Crippen LogP contribution in [0.15, 0.2) is 66.1 Å². The molecule has 3 aromatic rings. The molecule has 2 aromatic carbocycles. The molecule has 9 heteroatoms. The van der Waals surface area contributed by atoms with Gasteiger partial charge >= 0.3 is 6.03 Å². The van der Waals surface area contributed by atoms with Crippen molar-refractivity contribution < 1.29 is 14.3 Å². The number of anilines is 1. The molecule has 206 valence electrons. The minimum Gasteiger partial charge on any atom is -0.383 e. The van der Waals surface area contributed by atoms with Crippen molar-refractivity contribution in [3.05, 3.63) is 87.9 Å². The van der Waals surface area contributed by atoms with E-state index in [4.69, 9.17) is 4.74 Å². The fourth-order valence-electron chi connectivity index (χ4n) is 4.44. The highest BCUT2D eigenvalue weighted by Crippen LogP contribution is 2.19. The number of carbonyl (C=O) groups excluding carboxylic acids is 2. The first kappa shape index (κ1) is 28.5. The van der Waals surface area contributed by atoms with Gasteiger partial charge in [-0.3, -0.25) is 9.69 Å². The Kier molecular flexibility index (Phi) is 10.6. The van der Waals surface area contributed by atoms with Gasteiger partial charge in [-0.05, 0) is 23.6 Å². The number of nitrogens with zero attached hydrogens (tertiary/aromatic N) is 4. The molecule has 3 amide bonds. The predicted octanol–water partition coefficient (Wildman–Crippen LogP) is 4.86. The Bertz CT molecular complexity index is 1240. The fourth-order valence-corrected chi connectivity index (χ4v) is 5.22. The summed E-state index contributed by atoms with van der Waals surface area (Å²) in [5.74, 6) is -0.0539. The zero-order valence-corrected chi connectivity index (χ0v) is 23.5. The minimum absolute atomic E-state index is 0.0539. The summed E-state index contributed by atoms with van der Waals surface area (Å²) in [6.07, 6.45) is 5.13. The van der Waals surface area contributed by atoms with E-state index in [0.717, 1.165) is 42.3 Å². The highest BCUT2D eigenvalue weighted by atomic mass is 32.1. The molecular weight excluding hydrogens is 510 g/mol. The molecule has 1 fully saturated rings. The normalized spacial score (nSPS) is 14.1. The van der Waals surface area contributed by atoms with E-state index < -0.39 is 0 Å². The second-order valence-electron chi connectivity index (χ2n) is 9.39. The van der Waals surface area contributed by atoms with Gasteiger partial charge in [-0.2, -0.15) is 0 Å². The van der Waals surface area contributed by atoms with Gasteiger partial charge in [-0.1, -0.05) is 67.6 Å². The summed E-state index contributed by atoms with van der Waals surface area (Å²) in [6.45, 7) is 7.05. The Morgan fingerprint density at radius 2 is 1.82 bits per heavy atom. The van der Waals surface area contributed by atoms with Crippen molar-refractivity contribution in [3.8, 4) is 0 Å². The Balaban J connectivity index is 1.30. The standard InChI is InChI=1S/C30H37N5O3S/c1-3-25-13-7-8-14-26(25)32-30(37)35(20-21-38-2)22-28-31-27(23-39-28)29(36)34-18-16-33(17-19-34)15-9-12-24-10-5-4-6-11-24/h4-14,23H,3,15-22H2,1-2H3,(H,32,37). The van der Waals surface area contributed by atoms with Crippen molar-refractivity contribution in [2.75, 3.05) is 58.3 Å². The topological polar surface area (TPSA) is 78.0 Å². The lowest BCUT2D eigenvalue weighted by molar-refractivity contribution is 0.0645. The average molecular weight is 548 g/mol. The van der Waals surface area contributed by atoms with Gasteiger partial charge in [-0.25, -0.2) is 9.78 Å². The predicted molar refractivity (Wildman–Crippen MR) is 157 cm³/mol. The zero-order valence-electron chi connectivity index (χ0n) is 22.7. The van der Waals surface area contributed by atoms with Crippen molar-refractivity contribution in [2.45, 2.75) is 19.9 Å². The number of urea groups is 1. The van der Waals surface area contributed by atoms with Crippen LogP contribution in [0, 0.1) is 0 Å². The fraction of sp³-hybridized carbons (Fsp3) is 0.367. The van der Waals surface area contributed by atoms with Gasteiger partial charge in [0.25, 0.3) is 5.91 Å². The number of para-hydroxylation sites is 1. The van der Waals surface area contributed by atoms with Crippen molar-refractivity contribution in [1.82, 2.24) is 19.7 Å². The number of thiazole rings is 1. The van der Waals surface area contributed by atoms with Crippen LogP contribution in [0.3, 0.4) is 0 Å². The molecule has 1 aliphatic heterocycles. The molecule has 0 radical (unpaired) electrons. The van der Waals surface area contributed by atoms with E-state index in [1.165, 1.54) is 16.9 Å². The summed E-state index contributed by atoms with van der Waals surface area (Å²) in [7, 11) is 1.61. The molecule has 4 rings (SSSR count). The van der Waals surface area contributed by atoms with Crippen LogP contribution < -0.4 is 5.32 Å². The van der Waals surface area contributed by atoms with Gasteiger partial charge in [0.05, 0.1) is 13.2 Å². The first-order valence-electron chi connectivity index (χ1n) is 13.4. The first-order chi connectivity index (χ1) is 19.1. The number of rotatable bonds is 11. The summed E-state index contributed by atoms with van der Waals surface area (Å²) in [6, 6.07) is 17.8. The van der Waals surface area contributed by atoms with Crippen LogP contribution in [0.2, 0.25) is 0 Å². The molecule has 0 unspecified atom stereocenters. The van der Waals surface area contributed by atoms with Gasteiger partial charge in [0.15, 0.2) is 0 Å². The van der Waals surface area contributed by atoms with Gasteiger partial charge < -0.3 is 19.9 Å². The summed E-state index contributed by atoms with van der Waals surface area (Å²) in [5, 5.41) is 5.54. The molecule has 0 bridgehead atoms. The van der Waals surface area contributed by atoms with Crippen LogP contribution in [0.25, 0.3) is 6.08 Å². The largest absolute Gasteiger partial charge is 0.383 e. The molecule has 0 saturated carbocycles. The Hall–Kier alpha value is -3.53. The first-order valence-corrected chi connectivity index (χ1v) is 14.3. The third-order valence-corrected chi connectivity index (χ3v) is 7.56. The van der Waals surface area contributed by atoms with Crippen molar-refractivity contribution in [3.63, 3.8) is 0 Å². The van der Waals surface area contributed by atoms with E-state index in [0.29, 0.717) is 38.5 Å². The number of hydrogen-bond acceptors (Lipinski definition) is 6. The lowest BCUT2D eigenvalue weighted by Gasteiger charge is -2.33. The highest BCUT2D eigenvalue weighted by Gasteiger charge is 2.24. The van der Waals surface area contributed by atoms with Gasteiger partial charge in [0, 0.05) is 57.4 Å². The number of carbonyl (C=O) groups is 2. The van der Waals surface area contributed by atoms with Gasteiger partial charge in [0.1, 0.15) is 10.7 Å². The average Bonchev–Trinajstić information content (AvgIpc) is 3.44. The molecule has 1 N–H and O–H groups in total. The third-order valence-electron chi connectivity index (χ3n) is 6.72. The molecule has 39 heavy (non-hydrogen) atoms. The second-order valence-corrected chi connectivity index (χ2v) is 10.3. The maximum absolute atomic E-state index is 13.1. The van der Waals surface area contributed by atoms with E-state index in [1.54, 1.807) is 17.4 Å². The van der Waals surface area contributed by atoms with E-state index in [1.807, 2.05) is 47.4 Å². The van der Waals surface area contributed by atoms with Crippen LogP contribution in [-0.2, 0) is 17.7 Å². The van der Waals surface area contributed by atoms with Crippen LogP contribution in [0.4, 0.5) is 10.5 Å². The number of piperazine rings is 1. The molecule has 1 aliphatic rings. The number of nitrogens with one attached hydrogen (secondary N) is 1. The van der Waals surface area contributed by atoms with Crippen LogP contribution in [-0.4, -0.2) is 84.6 Å². The van der Waals surface area contributed by atoms with Gasteiger partial charge in [-0.15, -0.1) is 11.3 Å². The van der Waals surface area contributed by atoms with Crippen LogP contribution >= 0.6 is 11.3 Å². The van der Waals surface area contributed by atoms with Crippen LogP contribution in [0.5, 0.6) is 0 Å². The molecule has 2 heterocycles. The van der Waals surface area contributed by atoms with E-state index >= 15 is 0 Å². The molecule has 1 saturated heterocycles. The molecular formula is C30H37N5O3S. The smallest absolute Gasteiger partial charge is 0.322 e. The monoisotopic (exact) mass is 547 g/mol. The van der Waals surface area contributed by atoms with E-state index in [2.05, 4.69) is 46.4 Å². The Morgan fingerprint density at radius 3 is 2.56 bits per heavy atom. The Morgan fingerprint density at radius 1 is 1.08 bits per heavy atom. The summed E-state index contributed by atoms with van der Waals surface area (Å²) < 4.78 is 5.23. The number of aromatic nitrogens is 1. The summed E-state index contributed by atoms with van der Waals surface area (Å²) in [4.78, 5) is 36.7. The number of ether oxygens (including phenoxy) is 1. The molecule has 8 nitrogen and oxygen atoms in total. The van der Waals surface area contributed by atoms with Crippen LogP contribution in [0.1, 0.15) is 33.5 Å². The number of methoxy groups -OCH3 is 1. The quantitative estimate of drug-likeness (QED) is 0.371. The molecule has 0 aliphatic carbocycles. The second kappa shape index (κ2) is 14.6.